The Bertz CT molecular complexity index is 736. The molecule has 0 aliphatic heterocycles. The summed E-state index contributed by atoms with van der Waals surface area (Å²) < 4.78 is 0.576. The lowest BCUT2D eigenvalue weighted by molar-refractivity contribution is -0.384. The minimum absolute atomic E-state index is 0.0378. The summed E-state index contributed by atoms with van der Waals surface area (Å²) in [4.78, 5) is 21.3. The molecule has 2 aromatic carbocycles. The Hall–Kier alpha value is -2.12. The number of nitrogens with one attached hydrogen (secondary N) is 1. The van der Waals surface area contributed by atoms with Gasteiger partial charge in [-0.1, -0.05) is 27.5 Å². The molecule has 0 atom stereocenters. The summed E-state index contributed by atoms with van der Waals surface area (Å²) in [6, 6.07) is 8.63. The Morgan fingerprint density at radius 3 is 2.48 bits per heavy atom. The molecule has 0 fully saturated rings. The van der Waals surface area contributed by atoms with Crippen molar-refractivity contribution < 1.29 is 14.8 Å². The van der Waals surface area contributed by atoms with Gasteiger partial charge in [0.15, 0.2) is 0 Å². The van der Waals surface area contributed by atoms with Crippen molar-refractivity contribution in [1.29, 1.82) is 0 Å². The van der Waals surface area contributed by atoms with Crippen molar-refractivity contribution >= 4 is 50.6 Å². The van der Waals surface area contributed by atoms with Crippen LogP contribution in [0.25, 0.3) is 0 Å². The molecule has 0 unspecified atom stereocenters. The molecule has 2 aromatic rings. The van der Waals surface area contributed by atoms with Crippen molar-refractivity contribution in [3.63, 3.8) is 0 Å². The molecule has 2 N–H and O–H groups in total. The van der Waals surface area contributed by atoms with E-state index in [4.69, 9.17) is 16.7 Å². The van der Waals surface area contributed by atoms with Gasteiger partial charge in [-0.05, 0) is 30.3 Å². The van der Waals surface area contributed by atoms with Crippen molar-refractivity contribution in [1.82, 2.24) is 0 Å². The Morgan fingerprint density at radius 1 is 1.24 bits per heavy atom. The minimum atomic E-state index is -1.10. The van der Waals surface area contributed by atoms with E-state index in [2.05, 4.69) is 21.2 Å². The predicted octanol–water partition coefficient (Wildman–Crippen LogP) is 4.45. The fourth-order valence-electron chi connectivity index (χ4n) is 1.66. The van der Waals surface area contributed by atoms with Crippen molar-refractivity contribution in [3.05, 3.63) is 61.6 Å². The van der Waals surface area contributed by atoms with Crippen LogP contribution < -0.4 is 5.32 Å². The molecule has 0 saturated carbocycles. The zero-order valence-electron chi connectivity index (χ0n) is 10.3. The number of nitro groups is 1. The maximum atomic E-state index is 11.0. The molecule has 0 heterocycles. The summed E-state index contributed by atoms with van der Waals surface area (Å²) in [6.45, 7) is 0. The summed E-state index contributed by atoms with van der Waals surface area (Å²) in [6.07, 6.45) is 0. The van der Waals surface area contributed by atoms with Crippen molar-refractivity contribution in [2.45, 2.75) is 0 Å². The number of nitrogens with zero attached hydrogens (tertiary/aromatic N) is 1. The highest BCUT2D eigenvalue weighted by Crippen LogP contribution is 2.33. The standard InChI is InChI=1S/C13H8BrClN2O4/c14-8-2-4-11(12(6-8)17(20)21)16-10-3-1-7(13(18)19)5-9(10)15/h1-6,16H,(H,18,19). The topological polar surface area (TPSA) is 92.5 Å². The highest BCUT2D eigenvalue weighted by Gasteiger charge is 2.16. The molecule has 108 valence electrons. The predicted molar refractivity (Wildman–Crippen MR) is 82.5 cm³/mol. The van der Waals surface area contributed by atoms with Crippen LogP contribution in [0.1, 0.15) is 10.4 Å². The lowest BCUT2D eigenvalue weighted by atomic mass is 10.2. The third-order valence-corrected chi connectivity index (χ3v) is 3.45. The smallest absolute Gasteiger partial charge is 0.335 e. The number of carboxylic acids is 1. The number of carbonyl (C=O) groups is 1. The molecule has 0 radical (unpaired) electrons. The van der Waals surface area contributed by atoms with Crippen LogP contribution in [0, 0.1) is 10.1 Å². The Kier molecular flexibility index (Phi) is 4.44. The molecular formula is C13H8BrClN2O4. The number of aromatic carboxylic acids is 1. The van der Waals surface area contributed by atoms with Crippen LogP contribution in [0.15, 0.2) is 40.9 Å². The normalized spacial score (nSPS) is 10.2. The third-order valence-electron chi connectivity index (χ3n) is 2.64. The van der Waals surface area contributed by atoms with Crippen LogP contribution in [-0.4, -0.2) is 16.0 Å². The summed E-state index contributed by atoms with van der Waals surface area (Å²) >= 11 is 9.15. The average Bonchev–Trinajstić information content (AvgIpc) is 2.42. The van der Waals surface area contributed by atoms with Crippen LogP contribution in [0.3, 0.4) is 0 Å². The number of nitro benzene ring substituents is 1. The maximum Gasteiger partial charge on any atom is 0.335 e. The van der Waals surface area contributed by atoms with Gasteiger partial charge in [0, 0.05) is 10.5 Å². The number of halogens is 2. The summed E-state index contributed by atoms with van der Waals surface area (Å²) in [5, 5.41) is 22.9. The Morgan fingerprint density at radius 2 is 1.90 bits per heavy atom. The summed E-state index contributed by atoms with van der Waals surface area (Å²) in [5.74, 6) is -1.10. The van der Waals surface area contributed by atoms with Crippen LogP contribution in [0.5, 0.6) is 0 Å². The third kappa shape index (κ3) is 3.50. The number of benzene rings is 2. The molecule has 0 amide bonds. The van der Waals surface area contributed by atoms with E-state index in [0.717, 1.165) is 0 Å². The van der Waals surface area contributed by atoms with Gasteiger partial charge in [0.25, 0.3) is 5.69 Å². The first-order chi connectivity index (χ1) is 9.88. The van der Waals surface area contributed by atoms with Crippen molar-refractivity contribution in [2.75, 3.05) is 5.32 Å². The Balaban J connectivity index is 2.39. The van der Waals surface area contributed by atoms with Gasteiger partial charge in [-0.15, -0.1) is 0 Å². The van der Waals surface area contributed by atoms with E-state index in [1.165, 1.54) is 30.3 Å². The maximum absolute atomic E-state index is 11.0. The van der Waals surface area contributed by atoms with Crippen molar-refractivity contribution in [2.24, 2.45) is 0 Å². The van der Waals surface area contributed by atoms with Crippen LogP contribution in [0.2, 0.25) is 5.02 Å². The van der Waals surface area contributed by atoms with Gasteiger partial charge in [-0.2, -0.15) is 0 Å². The molecule has 0 aliphatic carbocycles. The van der Waals surface area contributed by atoms with Gasteiger partial charge >= 0.3 is 5.97 Å². The molecule has 8 heteroatoms. The lowest BCUT2D eigenvalue weighted by Gasteiger charge is -2.09. The molecule has 0 saturated heterocycles. The van der Waals surface area contributed by atoms with E-state index in [0.29, 0.717) is 10.2 Å². The number of carboxylic acid groups (broad SMARTS) is 1. The number of hydrogen-bond donors (Lipinski definition) is 2. The molecule has 0 aliphatic rings. The minimum Gasteiger partial charge on any atom is -0.478 e. The zero-order chi connectivity index (χ0) is 15.6. The number of hydrogen-bond acceptors (Lipinski definition) is 4. The van der Waals surface area contributed by atoms with E-state index in [9.17, 15) is 14.9 Å². The Labute approximate surface area is 132 Å². The molecule has 21 heavy (non-hydrogen) atoms. The molecule has 2 rings (SSSR count). The monoisotopic (exact) mass is 370 g/mol. The first-order valence-corrected chi connectivity index (χ1v) is 6.79. The van der Waals surface area contributed by atoms with Crippen LogP contribution in [-0.2, 0) is 0 Å². The van der Waals surface area contributed by atoms with Crippen molar-refractivity contribution in [3.8, 4) is 0 Å². The van der Waals surface area contributed by atoms with Crippen LogP contribution in [0.4, 0.5) is 17.1 Å². The highest BCUT2D eigenvalue weighted by atomic mass is 79.9. The number of anilines is 2. The first kappa shape index (κ1) is 15.3. The second-order valence-electron chi connectivity index (χ2n) is 4.04. The second kappa shape index (κ2) is 6.11. The van der Waals surface area contributed by atoms with E-state index < -0.39 is 10.9 Å². The second-order valence-corrected chi connectivity index (χ2v) is 5.37. The van der Waals surface area contributed by atoms with E-state index in [-0.39, 0.29) is 22.0 Å². The fraction of sp³-hybridized carbons (Fsp3) is 0. The summed E-state index contributed by atoms with van der Waals surface area (Å²) in [7, 11) is 0. The van der Waals surface area contributed by atoms with Gasteiger partial charge in [0.05, 0.1) is 21.2 Å². The van der Waals surface area contributed by atoms with E-state index in [1.807, 2.05) is 0 Å². The molecule has 6 nitrogen and oxygen atoms in total. The highest BCUT2D eigenvalue weighted by molar-refractivity contribution is 9.10. The van der Waals surface area contributed by atoms with E-state index in [1.54, 1.807) is 6.07 Å². The molecular weight excluding hydrogens is 364 g/mol. The van der Waals surface area contributed by atoms with Gasteiger partial charge in [0.2, 0.25) is 0 Å². The zero-order valence-corrected chi connectivity index (χ0v) is 12.7. The molecule has 0 aromatic heterocycles. The molecule has 0 spiro atoms. The lowest BCUT2D eigenvalue weighted by Crippen LogP contribution is -2.00. The van der Waals surface area contributed by atoms with Gasteiger partial charge in [-0.25, -0.2) is 4.79 Å². The first-order valence-electron chi connectivity index (χ1n) is 5.62. The average molecular weight is 372 g/mol. The van der Waals surface area contributed by atoms with Gasteiger partial charge in [-0.3, -0.25) is 10.1 Å². The largest absolute Gasteiger partial charge is 0.478 e. The van der Waals surface area contributed by atoms with Crippen LogP contribution >= 0.6 is 27.5 Å². The quantitative estimate of drug-likeness (QED) is 0.612. The molecule has 0 bridgehead atoms. The SMILES string of the molecule is O=C(O)c1ccc(Nc2ccc(Br)cc2[N+](=O)[O-])c(Cl)c1. The van der Waals surface area contributed by atoms with Gasteiger partial charge < -0.3 is 10.4 Å². The fourth-order valence-corrected chi connectivity index (χ4v) is 2.23. The van der Waals surface area contributed by atoms with Gasteiger partial charge in [0.1, 0.15) is 5.69 Å². The van der Waals surface area contributed by atoms with E-state index >= 15 is 0 Å². The summed E-state index contributed by atoms with van der Waals surface area (Å²) in [5.41, 5.74) is 0.555. The number of rotatable bonds is 4.